The molecule has 0 radical (unpaired) electrons. The number of ether oxygens (including phenoxy) is 3. The summed E-state index contributed by atoms with van der Waals surface area (Å²) < 4.78 is 16.5. The molecule has 0 fully saturated rings. The van der Waals surface area contributed by atoms with E-state index in [0.29, 0.717) is 22.9 Å². The van der Waals surface area contributed by atoms with E-state index < -0.39 is 10.8 Å². The minimum absolute atomic E-state index is 0.158. The summed E-state index contributed by atoms with van der Waals surface area (Å²) in [5.74, 6) is 1.52. The number of aromatic amines is 1. The van der Waals surface area contributed by atoms with E-state index in [-0.39, 0.29) is 29.6 Å². The van der Waals surface area contributed by atoms with Gasteiger partial charge >= 0.3 is 0 Å². The van der Waals surface area contributed by atoms with Gasteiger partial charge in [-0.25, -0.2) is 0 Å². The predicted molar refractivity (Wildman–Crippen MR) is 122 cm³/mol. The molecule has 1 aliphatic rings. The molecule has 10 heteroatoms. The molecular formula is C24H18N4O6. The molecule has 0 saturated carbocycles. The number of anilines is 1. The van der Waals surface area contributed by atoms with Gasteiger partial charge in [0.1, 0.15) is 17.2 Å². The monoisotopic (exact) mass is 458 g/mol. The first kappa shape index (κ1) is 21.0. The van der Waals surface area contributed by atoms with Gasteiger partial charge in [-0.2, -0.15) is 5.10 Å². The van der Waals surface area contributed by atoms with Crippen molar-refractivity contribution < 1.29 is 23.9 Å². The highest BCUT2D eigenvalue weighted by Crippen LogP contribution is 2.36. The normalized spacial score (nSPS) is 11.8. The summed E-state index contributed by atoms with van der Waals surface area (Å²) in [6.45, 7) is 2.02. The van der Waals surface area contributed by atoms with Crippen molar-refractivity contribution in [3.05, 3.63) is 88.1 Å². The van der Waals surface area contributed by atoms with Crippen molar-refractivity contribution in [2.24, 2.45) is 0 Å². The average molecular weight is 458 g/mol. The van der Waals surface area contributed by atoms with Gasteiger partial charge in [-0.3, -0.25) is 20.0 Å². The number of H-pyrrole nitrogens is 1. The quantitative estimate of drug-likeness (QED) is 0.305. The van der Waals surface area contributed by atoms with Crippen LogP contribution in [0.3, 0.4) is 0 Å². The molecule has 0 saturated heterocycles. The Balaban J connectivity index is 1.37. The van der Waals surface area contributed by atoms with Crippen molar-refractivity contribution in [2.45, 2.75) is 6.92 Å². The lowest BCUT2D eigenvalue weighted by molar-refractivity contribution is -0.384. The summed E-state index contributed by atoms with van der Waals surface area (Å²) in [6.07, 6.45) is 0. The largest absolute Gasteiger partial charge is 0.457 e. The van der Waals surface area contributed by atoms with Crippen LogP contribution in [0.1, 0.15) is 16.1 Å². The molecule has 2 N–H and O–H groups in total. The number of amides is 1. The lowest BCUT2D eigenvalue weighted by Crippen LogP contribution is -2.12. The van der Waals surface area contributed by atoms with E-state index in [2.05, 4.69) is 15.5 Å². The Bertz CT molecular complexity index is 1410. The number of rotatable bonds is 6. The topological polar surface area (TPSA) is 129 Å². The first-order chi connectivity index (χ1) is 16.5. The van der Waals surface area contributed by atoms with Crippen LogP contribution in [0.25, 0.3) is 11.3 Å². The van der Waals surface area contributed by atoms with E-state index in [0.717, 1.165) is 11.1 Å². The number of carbonyl (C=O) groups excluding carboxylic acids is 1. The summed E-state index contributed by atoms with van der Waals surface area (Å²) in [7, 11) is 0. The summed E-state index contributed by atoms with van der Waals surface area (Å²) >= 11 is 0. The number of nitro groups is 1. The third kappa shape index (κ3) is 4.24. The van der Waals surface area contributed by atoms with Crippen LogP contribution in [-0.4, -0.2) is 27.8 Å². The van der Waals surface area contributed by atoms with Crippen molar-refractivity contribution in [1.29, 1.82) is 0 Å². The summed E-state index contributed by atoms with van der Waals surface area (Å²) in [5, 5.41) is 21.0. The molecule has 1 aliphatic heterocycles. The summed E-state index contributed by atoms with van der Waals surface area (Å²) in [6, 6.07) is 18.3. The highest BCUT2D eigenvalue weighted by molar-refractivity contribution is 6.03. The van der Waals surface area contributed by atoms with Crippen LogP contribution >= 0.6 is 0 Å². The third-order valence-corrected chi connectivity index (χ3v) is 5.17. The van der Waals surface area contributed by atoms with Crippen LogP contribution < -0.4 is 19.5 Å². The zero-order chi connectivity index (χ0) is 23.7. The number of carbonyl (C=O) groups is 1. The van der Waals surface area contributed by atoms with E-state index >= 15 is 0 Å². The highest BCUT2D eigenvalue weighted by atomic mass is 16.7. The van der Waals surface area contributed by atoms with Gasteiger partial charge < -0.3 is 19.5 Å². The molecule has 0 bridgehead atoms. The van der Waals surface area contributed by atoms with Crippen LogP contribution in [0.5, 0.6) is 23.0 Å². The lowest BCUT2D eigenvalue weighted by Gasteiger charge is -2.10. The van der Waals surface area contributed by atoms with Gasteiger partial charge in [0.2, 0.25) is 6.79 Å². The molecule has 10 nitrogen and oxygen atoms in total. The molecule has 34 heavy (non-hydrogen) atoms. The molecule has 3 aromatic carbocycles. The Kier molecular flexibility index (Phi) is 5.30. The fraction of sp³-hybridized carbons (Fsp3) is 0.0833. The Labute approximate surface area is 193 Å². The Morgan fingerprint density at radius 2 is 1.91 bits per heavy atom. The standard InChI is InChI=1S/C24H18N4O6/c1-14-4-2-3-5-21(14)34-18-10-16(9-17(11-18)28(30)31)25-24(29)20-12-19(26-27-20)15-6-7-22-23(8-15)33-13-32-22/h2-12H,13H2,1H3,(H,25,29)(H,26,27). The fourth-order valence-electron chi connectivity index (χ4n) is 3.46. The minimum Gasteiger partial charge on any atom is -0.457 e. The van der Waals surface area contributed by atoms with E-state index in [4.69, 9.17) is 14.2 Å². The van der Waals surface area contributed by atoms with Crippen LogP contribution in [-0.2, 0) is 0 Å². The van der Waals surface area contributed by atoms with Crippen LogP contribution in [0.15, 0.2) is 66.7 Å². The summed E-state index contributed by atoms with van der Waals surface area (Å²) in [5.41, 5.74) is 2.32. The molecule has 5 rings (SSSR count). The number of para-hydroxylation sites is 1. The average Bonchev–Trinajstić information content (AvgIpc) is 3.50. The molecule has 0 spiro atoms. The Morgan fingerprint density at radius 1 is 1.09 bits per heavy atom. The molecule has 1 aromatic heterocycles. The maximum absolute atomic E-state index is 12.8. The zero-order valence-electron chi connectivity index (χ0n) is 17.9. The second kappa shape index (κ2) is 8.58. The van der Waals surface area contributed by atoms with Gasteiger partial charge in [0.25, 0.3) is 11.6 Å². The van der Waals surface area contributed by atoms with Crippen LogP contribution in [0, 0.1) is 17.0 Å². The SMILES string of the molecule is Cc1ccccc1Oc1cc(NC(=O)c2cc(-c3ccc4c(c3)OCO4)n[nH]2)cc([N+](=O)[O-])c1. The number of aryl methyl sites for hydroxylation is 1. The maximum Gasteiger partial charge on any atom is 0.275 e. The smallest absolute Gasteiger partial charge is 0.275 e. The Hall–Kier alpha value is -4.86. The van der Waals surface area contributed by atoms with E-state index in [9.17, 15) is 14.9 Å². The molecule has 2 heterocycles. The highest BCUT2D eigenvalue weighted by Gasteiger charge is 2.18. The second-order valence-corrected chi connectivity index (χ2v) is 7.53. The number of hydrogen-bond acceptors (Lipinski definition) is 7. The van der Waals surface area contributed by atoms with Crippen LogP contribution in [0.4, 0.5) is 11.4 Å². The molecule has 0 atom stereocenters. The van der Waals surface area contributed by atoms with Gasteiger partial charge in [-0.1, -0.05) is 18.2 Å². The second-order valence-electron chi connectivity index (χ2n) is 7.53. The fourth-order valence-corrected chi connectivity index (χ4v) is 3.46. The van der Waals surface area contributed by atoms with Crippen molar-refractivity contribution in [2.75, 3.05) is 12.1 Å². The van der Waals surface area contributed by atoms with E-state index in [1.54, 1.807) is 36.4 Å². The third-order valence-electron chi connectivity index (χ3n) is 5.17. The van der Waals surface area contributed by atoms with Gasteiger partial charge in [-0.15, -0.1) is 0 Å². The number of hydrogen-bond donors (Lipinski definition) is 2. The molecule has 1 amide bonds. The molecule has 4 aromatic rings. The molecule has 0 aliphatic carbocycles. The minimum atomic E-state index is -0.547. The van der Waals surface area contributed by atoms with Crippen molar-refractivity contribution in [1.82, 2.24) is 10.2 Å². The number of fused-ring (bicyclic) bond motifs is 1. The molecule has 0 unspecified atom stereocenters. The van der Waals surface area contributed by atoms with Gasteiger partial charge in [0.05, 0.1) is 22.4 Å². The number of nitrogens with zero attached hydrogens (tertiary/aromatic N) is 2. The number of aromatic nitrogens is 2. The van der Waals surface area contributed by atoms with Gasteiger partial charge in [-0.05, 0) is 42.8 Å². The van der Waals surface area contributed by atoms with Crippen molar-refractivity contribution in [3.63, 3.8) is 0 Å². The number of benzene rings is 3. The van der Waals surface area contributed by atoms with E-state index in [1.807, 2.05) is 19.1 Å². The van der Waals surface area contributed by atoms with Gasteiger partial charge in [0.15, 0.2) is 11.5 Å². The lowest BCUT2D eigenvalue weighted by atomic mass is 10.1. The van der Waals surface area contributed by atoms with Crippen molar-refractivity contribution in [3.8, 4) is 34.3 Å². The predicted octanol–water partition coefficient (Wildman–Crippen LogP) is 5.07. The van der Waals surface area contributed by atoms with E-state index in [1.165, 1.54) is 18.2 Å². The van der Waals surface area contributed by atoms with Gasteiger partial charge in [0, 0.05) is 17.7 Å². The summed E-state index contributed by atoms with van der Waals surface area (Å²) in [4.78, 5) is 23.7. The van der Waals surface area contributed by atoms with Crippen LogP contribution in [0.2, 0.25) is 0 Å². The number of non-ortho nitro benzene ring substituents is 1. The Morgan fingerprint density at radius 3 is 2.74 bits per heavy atom. The maximum atomic E-state index is 12.8. The zero-order valence-corrected chi connectivity index (χ0v) is 17.9. The number of nitro benzene ring substituents is 1. The first-order valence-corrected chi connectivity index (χ1v) is 10.3. The molecule has 170 valence electrons. The molecular weight excluding hydrogens is 440 g/mol. The van der Waals surface area contributed by atoms with Crippen molar-refractivity contribution >= 4 is 17.3 Å². The number of nitrogens with one attached hydrogen (secondary N) is 2. The first-order valence-electron chi connectivity index (χ1n) is 10.3.